The van der Waals surface area contributed by atoms with E-state index in [1.54, 1.807) is 6.07 Å². The maximum Gasteiger partial charge on any atom is 0.400 e. The Morgan fingerprint density at radius 2 is 1.57 bits per heavy atom. The van der Waals surface area contributed by atoms with Crippen LogP contribution in [0.1, 0.15) is 49.7 Å². The van der Waals surface area contributed by atoms with Gasteiger partial charge in [0, 0.05) is 11.6 Å². The van der Waals surface area contributed by atoms with Crippen molar-refractivity contribution in [3.05, 3.63) is 82.9 Å². The first kappa shape index (κ1) is 31.6. The lowest BCUT2D eigenvalue weighted by Gasteiger charge is -2.33. The molecule has 0 saturated heterocycles. The molecule has 3 aromatic carbocycles. The molecule has 4 nitrogen and oxygen atoms in total. The molecule has 1 fully saturated rings. The van der Waals surface area contributed by atoms with Crippen molar-refractivity contribution < 1.29 is 50.1 Å². The molecule has 0 aromatic heterocycles. The molecule has 1 saturated carbocycles. The molecule has 3 aromatic rings. The standard InChI is InChI=1S/C31H31F7O4/c1-18(15-40-17-39)10-19-2-8-24(26(33)11-19)20-3-5-22(6-4-20)31(37,38)42-23-7-9-25(27(34)14-23)21-12-28(35)30(41-16-32)29(36)13-21/h2,7-9,11-14,18,20,22,39H,3-6,10,15-17H2,1H3. The van der Waals surface area contributed by atoms with E-state index in [1.807, 2.05) is 13.0 Å². The predicted octanol–water partition coefficient (Wildman–Crippen LogP) is 8.31. The lowest BCUT2D eigenvalue weighted by atomic mass is 9.77. The van der Waals surface area contributed by atoms with Gasteiger partial charge in [0.2, 0.25) is 6.86 Å². The normalized spacial score (nSPS) is 18.1. The number of hydrogen-bond donors (Lipinski definition) is 1. The Bertz CT molecular complexity index is 1340. The van der Waals surface area contributed by atoms with Crippen molar-refractivity contribution in [2.24, 2.45) is 11.8 Å². The van der Waals surface area contributed by atoms with Gasteiger partial charge in [-0.3, -0.25) is 0 Å². The Labute approximate surface area is 239 Å². The van der Waals surface area contributed by atoms with E-state index in [4.69, 9.17) is 14.6 Å². The second kappa shape index (κ2) is 13.8. The number of alkyl halides is 3. The quantitative estimate of drug-likeness (QED) is 0.168. The molecular formula is C31H31F7O4. The maximum absolute atomic E-state index is 15.1. The van der Waals surface area contributed by atoms with Crippen LogP contribution in [0.3, 0.4) is 0 Å². The average molecular weight is 601 g/mol. The molecule has 0 bridgehead atoms. The van der Waals surface area contributed by atoms with E-state index in [0.717, 1.165) is 29.8 Å². The highest BCUT2D eigenvalue weighted by Gasteiger charge is 2.44. The average Bonchev–Trinajstić information content (AvgIpc) is 2.94. The van der Waals surface area contributed by atoms with Crippen molar-refractivity contribution in [2.75, 3.05) is 20.3 Å². The molecule has 0 amide bonds. The number of ether oxygens (including phenoxy) is 3. The van der Waals surface area contributed by atoms with Gasteiger partial charge < -0.3 is 19.3 Å². The predicted molar refractivity (Wildman–Crippen MR) is 141 cm³/mol. The molecule has 4 rings (SSSR count). The lowest BCUT2D eigenvalue weighted by Crippen LogP contribution is -2.37. The molecule has 0 aliphatic heterocycles. The van der Waals surface area contributed by atoms with Crippen LogP contribution in [0.25, 0.3) is 11.1 Å². The molecular weight excluding hydrogens is 569 g/mol. The first-order chi connectivity index (χ1) is 20.0. The van der Waals surface area contributed by atoms with Crippen LogP contribution in [-0.2, 0) is 11.2 Å². The summed E-state index contributed by atoms with van der Waals surface area (Å²) in [6, 6.07) is 9.24. The molecule has 42 heavy (non-hydrogen) atoms. The monoisotopic (exact) mass is 600 g/mol. The van der Waals surface area contributed by atoms with Gasteiger partial charge in [0.25, 0.3) is 0 Å². The topological polar surface area (TPSA) is 47.9 Å². The Morgan fingerprint density at radius 3 is 2.17 bits per heavy atom. The third-order valence-electron chi connectivity index (χ3n) is 7.49. The minimum absolute atomic E-state index is 0.0564. The highest BCUT2D eigenvalue weighted by atomic mass is 19.3. The Morgan fingerprint density at radius 1 is 0.881 bits per heavy atom. The molecule has 1 aliphatic rings. The van der Waals surface area contributed by atoms with Crippen molar-refractivity contribution in [2.45, 2.75) is 51.1 Å². The van der Waals surface area contributed by atoms with Crippen LogP contribution >= 0.6 is 0 Å². The summed E-state index contributed by atoms with van der Waals surface area (Å²) in [7, 11) is 0. The SMILES string of the molecule is CC(COCO)Cc1ccc(C2CCC(C(F)(F)Oc3ccc(-c4cc(F)c(OCF)c(F)c4)c(F)c3)CC2)c(F)c1. The van der Waals surface area contributed by atoms with Crippen LogP contribution in [0, 0.1) is 35.1 Å². The van der Waals surface area contributed by atoms with E-state index < -0.39 is 53.7 Å². The minimum atomic E-state index is -3.64. The molecule has 1 aliphatic carbocycles. The van der Waals surface area contributed by atoms with E-state index in [1.165, 1.54) is 6.07 Å². The van der Waals surface area contributed by atoms with Crippen LogP contribution in [0.4, 0.5) is 30.7 Å². The lowest BCUT2D eigenvalue weighted by molar-refractivity contribution is -0.222. The van der Waals surface area contributed by atoms with Crippen LogP contribution in [-0.4, -0.2) is 31.5 Å². The molecule has 11 heteroatoms. The van der Waals surface area contributed by atoms with Gasteiger partial charge in [-0.15, -0.1) is 0 Å². The van der Waals surface area contributed by atoms with E-state index in [9.17, 15) is 22.0 Å². The summed E-state index contributed by atoms with van der Waals surface area (Å²) in [5, 5.41) is 8.76. The van der Waals surface area contributed by atoms with Crippen LogP contribution < -0.4 is 9.47 Å². The smallest absolute Gasteiger partial charge is 0.400 e. The first-order valence-electron chi connectivity index (χ1n) is 13.5. The van der Waals surface area contributed by atoms with Crippen LogP contribution in [0.2, 0.25) is 0 Å². The summed E-state index contributed by atoms with van der Waals surface area (Å²) in [5.41, 5.74) is 0.721. The zero-order valence-electron chi connectivity index (χ0n) is 22.8. The second-order valence-electron chi connectivity index (χ2n) is 10.5. The first-order valence-corrected chi connectivity index (χ1v) is 13.5. The minimum Gasteiger partial charge on any atom is -0.457 e. The van der Waals surface area contributed by atoms with E-state index >= 15 is 8.78 Å². The highest BCUT2D eigenvalue weighted by molar-refractivity contribution is 5.66. The third kappa shape index (κ3) is 7.55. The van der Waals surface area contributed by atoms with Crippen LogP contribution in [0.5, 0.6) is 11.5 Å². The molecule has 1 N–H and O–H groups in total. The zero-order valence-corrected chi connectivity index (χ0v) is 22.8. The molecule has 0 radical (unpaired) electrons. The van der Waals surface area contributed by atoms with Crippen LogP contribution in [0.15, 0.2) is 48.5 Å². The summed E-state index contributed by atoms with van der Waals surface area (Å²) >= 11 is 0. The molecule has 1 unspecified atom stereocenters. The summed E-state index contributed by atoms with van der Waals surface area (Å²) in [6.07, 6.45) is -2.34. The summed E-state index contributed by atoms with van der Waals surface area (Å²) in [6.45, 7) is 0.412. The van der Waals surface area contributed by atoms with E-state index in [2.05, 4.69) is 4.74 Å². The van der Waals surface area contributed by atoms with E-state index in [0.29, 0.717) is 37.5 Å². The number of benzene rings is 3. The zero-order chi connectivity index (χ0) is 30.4. The van der Waals surface area contributed by atoms with Crippen molar-refractivity contribution in [1.29, 1.82) is 0 Å². The number of halogens is 7. The fraction of sp³-hybridized carbons (Fsp3) is 0.419. The number of aliphatic hydroxyl groups is 1. The maximum atomic E-state index is 15.1. The van der Waals surface area contributed by atoms with Gasteiger partial charge in [-0.1, -0.05) is 19.1 Å². The Kier molecular flexibility index (Phi) is 10.4. The van der Waals surface area contributed by atoms with Crippen molar-refractivity contribution in [1.82, 2.24) is 0 Å². The summed E-state index contributed by atoms with van der Waals surface area (Å²) in [5.74, 6) is -6.72. The highest BCUT2D eigenvalue weighted by Crippen LogP contribution is 2.44. The van der Waals surface area contributed by atoms with Crippen molar-refractivity contribution in [3.63, 3.8) is 0 Å². The largest absolute Gasteiger partial charge is 0.457 e. The Balaban J connectivity index is 1.37. The van der Waals surface area contributed by atoms with Crippen molar-refractivity contribution >= 4 is 0 Å². The fourth-order valence-corrected chi connectivity index (χ4v) is 5.43. The van der Waals surface area contributed by atoms with Gasteiger partial charge in [0.15, 0.2) is 17.4 Å². The summed E-state index contributed by atoms with van der Waals surface area (Å²) < 4.78 is 114. The van der Waals surface area contributed by atoms with Gasteiger partial charge in [-0.05, 0) is 91.0 Å². The fourth-order valence-electron chi connectivity index (χ4n) is 5.43. The number of rotatable bonds is 12. The van der Waals surface area contributed by atoms with Crippen molar-refractivity contribution in [3.8, 4) is 22.6 Å². The molecule has 0 spiro atoms. The molecule has 1 atom stereocenters. The second-order valence-corrected chi connectivity index (χ2v) is 10.5. The molecule has 0 heterocycles. The molecule has 228 valence electrons. The van der Waals surface area contributed by atoms with Gasteiger partial charge >= 0.3 is 6.11 Å². The third-order valence-corrected chi connectivity index (χ3v) is 7.49. The van der Waals surface area contributed by atoms with E-state index in [-0.39, 0.29) is 42.6 Å². The van der Waals surface area contributed by atoms with Gasteiger partial charge in [-0.25, -0.2) is 22.0 Å². The summed E-state index contributed by atoms with van der Waals surface area (Å²) in [4.78, 5) is 0. The van der Waals surface area contributed by atoms with Gasteiger partial charge in [0.1, 0.15) is 24.2 Å². The van der Waals surface area contributed by atoms with Gasteiger partial charge in [-0.2, -0.15) is 8.78 Å². The number of aliphatic hydroxyl groups excluding tert-OH is 1. The Hall–Kier alpha value is -3.31. The van der Waals surface area contributed by atoms with Gasteiger partial charge in [0.05, 0.1) is 12.5 Å². The number of hydrogen-bond acceptors (Lipinski definition) is 4.